The molecule has 0 atom stereocenters. The third-order valence-electron chi connectivity index (χ3n) is 4.59. The summed E-state index contributed by atoms with van der Waals surface area (Å²) in [4.78, 5) is 10.8. The van der Waals surface area contributed by atoms with E-state index in [0.717, 1.165) is 44.7 Å². The monoisotopic (exact) mass is 330 g/mol. The van der Waals surface area contributed by atoms with E-state index in [9.17, 15) is 8.78 Å². The molecule has 0 spiro atoms. The highest BCUT2D eigenvalue weighted by molar-refractivity contribution is 5.39. The van der Waals surface area contributed by atoms with Crippen LogP contribution in [0.5, 0.6) is 0 Å². The smallest absolute Gasteiger partial charge is 0.315 e. The molecule has 2 aromatic rings. The molecule has 0 radical (unpaired) electrons. The number of alkyl halides is 2. The predicted octanol–water partition coefficient (Wildman–Crippen LogP) is 2.90. The maximum atomic E-state index is 15.0. The second-order valence-electron chi connectivity index (χ2n) is 6.43. The molecule has 4 rings (SSSR count). The highest BCUT2D eigenvalue weighted by atomic mass is 19.3. The Hall–Kier alpha value is -2.08. The van der Waals surface area contributed by atoms with E-state index in [1.54, 1.807) is 18.2 Å². The number of nitrogens with one attached hydrogen (secondary N) is 1. The summed E-state index contributed by atoms with van der Waals surface area (Å²) in [5, 5.41) is 3.26. The minimum absolute atomic E-state index is 0.0308. The van der Waals surface area contributed by atoms with Crippen LogP contribution in [0.25, 0.3) is 0 Å². The summed E-state index contributed by atoms with van der Waals surface area (Å²) in [5.74, 6) is -2.37. The lowest BCUT2D eigenvalue weighted by molar-refractivity contribution is 0.0378. The van der Waals surface area contributed by atoms with Gasteiger partial charge >= 0.3 is 5.92 Å². The number of aromatic nitrogens is 2. The van der Waals surface area contributed by atoms with Gasteiger partial charge in [-0.1, -0.05) is 30.3 Å². The highest BCUT2D eigenvalue weighted by Crippen LogP contribution is 2.42. The van der Waals surface area contributed by atoms with Crippen molar-refractivity contribution in [2.75, 3.05) is 31.1 Å². The zero-order valence-corrected chi connectivity index (χ0v) is 13.4. The molecule has 4 nitrogen and oxygen atoms in total. The van der Waals surface area contributed by atoms with E-state index < -0.39 is 5.92 Å². The van der Waals surface area contributed by atoms with Gasteiger partial charge in [-0.3, -0.25) is 0 Å². The molecule has 1 saturated heterocycles. The SMILES string of the molecule is FC(F)(c1ccccc1)c1cc(C2CC2)nc(N2CCNCC2)n1. The number of piperazine rings is 1. The molecule has 1 aliphatic heterocycles. The van der Waals surface area contributed by atoms with Crippen molar-refractivity contribution in [3.8, 4) is 0 Å². The number of halogens is 2. The average molecular weight is 330 g/mol. The molecular weight excluding hydrogens is 310 g/mol. The zero-order chi connectivity index (χ0) is 16.6. The molecule has 6 heteroatoms. The zero-order valence-electron chi connectivity index (χ0n) is 13.4. The summed E-state index contributed by atoms with van der Waals surface area (Å²) < 4.78 is 30.0. The first-order valence-electron chi connectivity index (χ1n) is 8.43. The minimum atomic E-state index is -3.11. The van der Waals surface area contributed by atoms with Gasteiger partial charge in [0, 0.05) is 43.4 Å². The Bertz CT molecular complexity index is 710. The molecule has 126 valence electrons. The van der Waals surface area contributed by atoms with Crippen molar-refractivity contribution in [1.29, 1.82) is 0 Å². The number of rotatable bonds is 4. The Morgan fingerprint density at radius 1 is 1.04 bits per heavy atom. The summed E-state index contributed by atoms with van der Waals surface area (Å²) in [6.45, 7) is 3.12. The van der Waals surface area contributed by atoms with E-state index in [0.29, 0.717) is 11.9 Å². The van der Waals surface area contributed by atoms with Gasteiger partial charge in [-0.05, 0) is 18.9 Å². The fourth-order valence-corrected chi connectivity index (χ4v) is 3.00. The van der Waals surface area contributed by atoms with Gasteiger partial charge < -0.3 is 10.2 Å². The van der Waals surface area contributed by atoms with Crippen molar-refractivity contribution in [2.24, 2.45) is 0 Å². The Morgan fingerprint density at radius 3 is 2.42 bits per heavy atom. The Kier molecular flexibility index (Phi) is 3.92. The van der Waals surface area contributed by atoms with Crippen molar-refractivity contribution < 1.29 is 8.78 Å². The van der Waals surface area contributed by atoms with Gasteiger partial charge in [0.25, 0.3) is 0 Å². The van der Waals surface area contributed by atoms with E-state index >= 15 is 0 Å². The lowest BCUT2D eigenvalue weighted by atomic mass is 10.0. The quantitative estimate of drug-likeness (QED) is 0.936. The minimum Gasteiger partial charge on any atom is -0.338 e. The van der Waals surface area contributed by atoms with Gasteiger partial charge in [0.05, 0.1) is 0 Å². The Labute approximate surface area is 139 Å². The second kappa shape index (κ2) is 6.09. The van der Waals surface area contributed by atoms with Gasteiger partial charge in [-0.15, -0.1) is 0 Å². The van der Waals surface area contributed by atoms with Crippen LogP contribution in [-0.2, 0) is 5.92 Å². The third kappa shape index (κ3) is 2.98. The Balaban J connectivity index is 1.75. The van der Waals surface area contributed by atoms with Crippen LogP contribution in [0.2, 0.25) is 0 Å². The van der Waals surface area contributed by atoms with Gasteiger partial charge in [-0.25, -0.2) is 9.97 Å². The maximum absolute atomic E-state index is 15.0. The molecule has 1 N–H and O–H groups in total. The van der Waals surface area contributed by atoms with Crippen LogP contribution in [-0.4, -0.2) is 36.1 Å². The van der Waals surface area contributed by atoms with E-state index in [4.69, 9.17) is 0 Å². The standard InChI is InChI=1S/C18H20F2N4/c19-18(20,14-4-2-1-3-5-14)16-12-15(13-6-7-13)22-17(23-16)24-10-8-21-9-11-24/h1-5,12-13,21H,6-11H2. The number of benzene rings is 1. The van der Waals surface area contributed by atoms with Crippen molar-refractivity contribution in [1.82, 2.24) is 15.3 Å². The van der Waals surface area contributed by atoms with Crippen molar-refractivity contribution >= 4 is 5.95 Å². The van der Waals surface area contributed by atoms with Gasteiger partial charge in [0.1, 0.15) is 5.69 Å². The van der Waals surface area contributed by atoms with Gasteiger partial charge in [-0.2, -0.15) is 8.78 Å². The molecule has 1 saturated carbocycles. The van der Waals surface area contributed by atoms with Crippen LogP contribution in [0.15, 0.2) is 36.4 Å². The Morgan fingerprint density at radius 2 is 1.75 bits per heavy atom. The molecule has 24 heavy (non-hydrogen) atoms. The molecule has 0 unspecified atom stereocenters. The second-order valence-corrected chi connectivity index (χ2v) is 6.43. The van der Waals surface area contributed by atoms with Crippen LogP contribution in [0.1, 0.15) is 35.7 Å². The lowest BCUT2D eigenvalue weighted by Gasteiger charge is -2.28. The molecule has 0 amide bonds. The number of hydrogen-bond donors (Lipinski definition) is 1. The number of hydrogen-bond acceptors (Lipinski definition) is 4. The normalized spacial score (nSPS) is 18.7. The summed E-state index contributed by atoms with van der Waals surface area (Å²) in [5.41, 5.74) is 0.528. The molecule has 2 heterocycles. The van der Waals surface area contributed by atoms with Crippen molar-refractivity contribution in [3.05, 3.63) is 53.3 Å². The van der Waals surface area contributed by atoms with E-state index in [1.165, 1.54) is 18.2 Å². The first kappa shape index (κ1) is 15.4. The molecule has 1 aromatic heterocycles. The van der Waals surface area contributed by atoms with E-state index in [-0.39, 0.29) is 11.3 Å². The topological polar surface area (TPSA) is 41.1 Å². The molecule has 1 aromatic carbocycles. The lowest BCUT2D eigenvalue weighted by Crippen LogP contribution is -2.44. The molecule has 0 bridgehead atoms. The largest absolute Gasteiger partial charge is 0.338 e. The van der Waals surface area contributed by atoms with E-state index in [1.807, 2.05) is 4.90 Å². The van der Waals surface area contributed by atoms with Gasteiger partial charge in [0.2, 0.25) is 5.95 Å². The van der Waals surface area contributed by atoms with Crippen molar-refractivity contribution in [2.45, 2.75) is 24.7 Å². The van der Waals surface area contributed by atoms with Crippen molar-refractivity contribution in [3.63, 3.8) is 0 Å². The summed E-state index contributed by atoms with van der Waals surface area (Å²) in [6, 6.07) is 9.39. The maximum Gasteiger partial charge on any atom is 0.315 e. The summed E-state index contributed by atoms with van der Waals surface area (Å²) in [7, 11) is 0. The van der Waals surface area contributed by atoms with E-state index in [2.05, 4.69) is 15.3 Å². The third-order valence-corrected chi connectivity index (χ3v) is 4.59. The number of nitrogens with zero attached hydrogens (tertiary/aromatic N) is 3. The summed E-state index contributed by atoms with van der Waals surface area (Å²) >= 11 is 0. The highest BCUT2D eigenvalue weighted by Gasteiger charge is 2.38. The molecule has 2 fully saturated rings. The predicted molar refractivity (Wildman–Crippen MR) is 88.5 cm³/mol. The van der Waals surface area contributed by atoms with Crippen LogP contribution >= 0.6 is 0 Å². The molecular formula is C18H20F2N4. The average Bonchev–Trinajstić information content (AvgIpc) is 3.48. The van der Waals surface area contributed by atoms with Crippen LogP contribution < -0.4 is 10.2 Å². The van der Waals surface area contributed by atoms with Crippen LogP contribution in [0.4, 0.5) is 14.7 Å². The summed E-state index contributed by atoms with van der Waals surface area (Å²) in [6.07, 6.45) is 2.04. The van der Waals surface area contributed by atoms with Crippen LogP contribution in [0, 0.1) is 0 Å². The fourth-order valence-electron chi connectivity index (χ4n) is 3.00. The first-order chi connectivity index (χ1) is 11.6. The molecule has 1 aliphatic carbocycles. The fraction of sp³-hybridized carbons (Fsp3) is 0.444. The van der Waals surface area contributed by atoms with Gasteiger partial charge in [0.15, 0.2) is 0 Å². The first-order valence-corrected chi connectivity index (χ1v) is 8.43. The molecule has 2 aliphatic rings. The van der Waals surface area contributed by atoms with Crippen LogP contribution in [0.3, 0.4) is 0 Å². The number of anilines is 1.